The molecule has 0 unspecified atom stereocenters. The summed E-state index contributed by atoms with van der Waals surface area (Å²) in [6, 6.07) is 6.14. The largest absolute Gasteiger partial charge is 0.486 e. The summed E-state index contributed by atoms with van der Waals surface area (Å²) in [5.74, 6) is 1.70. The van der Waals surface area contributed by atoms with E-state index < -0.39 is 0 Å². The second-order valence-electron chi connectivity index (χ2n) is 4.65. The molecule has 2 aliphatic heterocycles. The molecular weight excluding hydrogens is 218 g/mol. The van der Waals surface area contributed by atoms with E-state index in [1.54, 1.807) is 7.11 Å². The Bertz CT molecular complexity index is 410. The smallest absolute Gasteiger partial charge is 0.161 e. The van der Waals surface area contributed by atoms with Crippen molar-refractivity contribution in [1.82, 2.24) is 5.32 Å². The van der Waals surface area contributed by atoms with E-state index in [0.29, 0.717) is 13.2 Å². The predicted octanol–water partition coefficient (Wildman–Crippen LogP) is 0.989. The summed E-state index contributed by atoms with van der Waals surface area (Å²) in [5, 5.41) is 3.25. The second kappa shape index (κ2) is 4.20. The molecule has 1 aromatic rings. The van der Waals surface area contributed by atoms with E-state index in [0.717, 1.165) is 31.0 Å². The highest BCUT2D eigenvalue weighted by Crippen LogP contribution is 2.32. The average molecular weight is 235 g/mol. The van der Waals surface area contributed by atoms with Crippen molar-refractivity contribution in [3.05, 3.63) is 23.8 Å². The van der Waals surface area contributed by atoms with Gasteiger partial charge in [-0.25, -0.2) is 0 Å². The summed E-state index contributed by atoms with van der Waals surface area (Å²) in [6.45, 7) is 3.10. The van der Waals surface area contributed by atoms with Crippen LogP contribution < -0.4 is 14.8 Å². The number of rotatable bonds is 3. The zero-order valence-electron chi connectivity index (χ0n) is 9.99. The van der Waals surface area contributed by atoms with E-state index in [1.165, 1.54) is 5.56 Å². The van der Waals surface area contributed by atoms with Crippen molar-refractivity contribution in [3.63, 3.8) is 0 Å². The van der Waals surface area contributed by atoms with Gasteiger partial charge in [0.25, 0.3) is 0 Å². The van der Waals surface area contributed by atoms with Crippen LogP contribution in [0.5, 0.6) is 11.5 Å². The standard InChI is InChI=1S/C13H17NO3/c1-15-13(8-14-9-13)7-10-2-3-11-12(6-10)17-5-4-16-11/h2-3,6,14H,4-5,7-9H2,1H3. The molecule has 92 valence electrons. The van der Waals surface area contributed by atoms with E-state index in [4.69, 9.17) is 14.2 Å². The van der Waals surface area contributed by atoms with Gasteiger partial charge in [-0.1, -0.05) is 6.07 Å². The van der Waals surface area contributed by atoms with Crippen LogP contribution in [0.1, 0.15) is 5.56 Å². The van der Waals surface area contributed by atoms with Crippen LogP contribution in [0.4, 0.5) is 0 Å². The molecule has 0 amide bonds. The third-order valence-corrected chi connectivity index (χ3v) is 3.46. The number of hydrogen-bond donors (Lipinski definition) is 1. The molecule has 1 N–H and O–H groups in total. The monoisotopic (exact) mass is 235 g/mol. The molecule has 0 aliphatic carbocycles. The van der Waals surface area contributed by atoms with Gasteiger partial charge >= 0.3 is 0 Å². The Kier molecular flexibility index (Phi) is 2.68. The topological polar surface area (TPSA) is 39.7 Å². The van der Waals surface area contributed by atoms with E-state index in [1.807, 2.05) is 6.07 Å². The Labute approximate surface area is 101 Å². The van der Waals surface area contributed by atoms with Gasteiger partial charge in [0.05, 0.1) is 5.60 Å². The summed E-state index contributed by atoms with van der Waals surface area (Å²) < 4.78 is 16.7. The van der Waals surface area contributed by atoms with Crippen LogP contribution in [0.3, 0.4) is 0 Å². The molecule has 4 heteroatoms. The zero-order chi connectivity index (χ0) is 11.7. The maximum atomic E-state index is 5.59. The maximum Gasteiger partial charge on any atom is 0.161 e. The van der Waals surface area contributed by atoms with Gasteiger partial charge in [0.1, 0.15) is 13.2 Å². The Balaban J connectivity index is 1.79. The normalized spacial score (nSPS) is 20.8. The first-order chi connectivity index (χ1) is 8.31. The first-order valence-corrected chi connectivity index (χ1v) is 5.96. The molecule has 0 radical (unpaired) electrons. The number of hydrogen-bond acceptors (Lipinski definition) is 4. The summed E-state index contributed by atoms with van der Waals surface area (Å²) in [6.07, 6.45) is 0.910. The van der Waals surface area contributed by atoms with Crippen LogP contribution in [0.2, 0.25) is 0 Å². The average Bonchev–Trinajstić information content (AvgIpc) is 2.34. The number of methoxy groups -OCH3 is 1. The lowest BCUT2D eigenvalue weighted by Crippen LogP contribution is -2.61. The Morgan fingerprint density at radius 1 is 1.24 bits per heavy atom. The third kappa shape index (κ3) is 1.98. The van der Waals surface area contributed by atoms with Gasteiger partial charge < -0.3 is 19.5 Å². The molecule has 1 aromatic carbocycles. The van der Waals surface area contributed by atoms with Crippen molar-refractivity contribution in [2.75, 3.05) is 33.4 Å². The van der Waals surface area contributed by atoms with Crippen molar-refractivity contribution in [3.8, 4) is 11.5 Å². The maximum absolute atomic E-state index is 5.59. The van der Waals surface area contributed by atoms with Gasteiger partial charge in [0, 0.05) is 26.6 Å². The fraction of sp³-hybridized carbons (Fsp3) is 0.538. The first kappa shape index (κ1) is 10.9. The molecule has 0 saturated carbocycles. The quantitative estimate of drug-likeness (QED) is 0.848. The number of ether oxygens (including phenoxy) is 3. The van der Waals surface area contributed by atoms with Crippen LogP contribution in [0.15, 0.2) is 18.2 Å². The van der Waals surface area contributed by atoms with E-state index >= 15 is 0 Å². The lowest BCUT2D eigenvalue weighted by Gasteiger charge is -2.41. The molecule has 0 spiro atoms. The molecule has 0 atom stereocenters. The minimum Gasteiger partial charge on any atom is -0.486 e. The van der Waals surface area contributed by atoms with Gasteiger partial charge in [-0.05, 0) is 17.7 Å². The summed E-state index contributed by atoms with van der Waals surface area (Å²) >= 11 is 0. The highest BCUT2D eigenvalue weighted by molar-refractivity contribution is 5.44. The molecular formula is C13H17NO3. The third-order valence-electron chi connectivity index (χ3n) is 3.46. The SMILES string of the molecule is COC1(Cc2ccc3c(c2)OCCO3)CNC1. The van der Waals surface area contributed by atoms with Gasteiger partial charge in [-0.2, -0.15) is 0 Å². The number of nitrogens with one attached hydrogen (secondary N) is 1. The highest BCUT2D eigenvalue weighted by Gasteiger charge is 2.37. The fourth-order valence-corrected chi connectivity index (χ4v) is 2.32. The lowest BCUT2D eigenvalue weighted by molar-refractivity contribution is -0.0502. The van der Waals surface area contributed by atoms with Crippen molar-refractivity contribution in [2.24, 2.45) is 0 Å². The van der Waals surface area contributed by atoms with Gasteiger partial charge in [0.15, 0.2) is 11.5 Å². The minimum atomic E-state index is -0.0379. The van der Waals surface area contributed by atoms with Crippen LogP contribution in [0.25, 0.3) is 0 Å². The van der Waals surface area contributed by atoms with Crippen molar-refractivity contribution >= 4 is 0 Å². The molecule has 2 heterocycles. The molecule has 2 aliphatic rings. The Morgan fingerprint density at radius 3 is 2.65 bits per heavy atom. The molecule has 1 fully saturated rings. The zero-order valence-corrected chi connectivity index (χ0v) is 9.99. The number of fused-ring (bicyclic) bond motifs is 1. The molecule has 1 saturated heterocycles. The van der Waals surface area contributed by atoms with Crippen LogP contribution in [-0.2, 0) is 11.2 Å². The number of benzene rings is 1. The van der Waals surface area contributed by atoms with Crippen molar-refractivity contribution in [2.45, 2.75) is 12.0 Å². The van der Waals surface area contributed by atoms with Crippen molar-refractivity contribution in [1.29, 1.82) is 0 Å². The summed E-state index contributed by atoms with van der Waals surface area (Å²) in [4.78, 5) is 0. The lowest BCUT2D eigenvalue weighted by atomic mass is 9.88. The highest BCUT2D eigenvalue weighted by atomic mass is 16.6. The van der Waals surface area contributed by atoms with Crippen LogP contribution in [0, 0.1) is 0 Å². The van der Waals surface area contributed by atoms with Gasteiger partial charge in [-0.3, -0.25) is 0 Å². The molecule has 0 aromatic heterocycles. The summed E-state index contributed by atoms with van der Waals surface area (Å²) in [5.41, 5.74) is 1.20. The molecule has 3 rings (SSSR count). The van der Waals surface area contributed by atoms with Gasteiger partial charge in [-0.15, -0.1) is 0 Å². The Morgan fingerprint density at radius 2 is 2.00 bits per heavy atom. The predicted molar refractivity (Wildman–Crippen MR) is 63.7 cm³/mol. The van der Waals surface area contributed by atoms with E-state index in [2.05, 4.69) is 17.4 Å². The van der Waals surface area contributed by atoms with Gasteiger partial charge in [0.2, 0.25) is 0 Å². The minimum absolute atomic E-state index is 0.0379. The van der Waals surface area contributed by atoms with Crippen LogP contribution in [-0.4, -0.2) is 39.0 Å². The van der Waals surface area contributed by atoms with Crippen molar-refractivity contribution < 1.29 is 14.2 Å². The van der Waals surface area contributed by atoms with E-state index in [9.17, 15) is 0 Å². The molecule has 4 nitrogen and oxygen atoms in total. The second-order valence-corrected chi connectivity index (χ2v) is 4.65. The molecule has 17 heavy (non-hydrogen) atoms. The fourth-order valence-electron chi connectivity index (χ4n) is 2.32. The molecule has 0 bridgehead atoms. The Hall–Kier alpha value is -1.26. The van der Waals surface area contributed by atoms with Crippen LogP contribution >= 0.6 is 0 Å². The summed E-state index contributed by atoms with van der Waals surface area (Å²) in [7, 11) is 1.78. The van der Waals surface area contributed by atoms with E-state index in [-0.39, 0.29) is 5.60 Å². The first-order valence-electron chi connectivity index (χ1n) is 5.96.